The van der Waals surface area contributed by atoms with Gasteiger partial charge in [-0.2, -0.15) is 5.10 Å². The van der Waals surface area contributed by atoms with E-state index in [1.807, 2.05) is 26.4 Å². The molecule has 0 unspecified atom stereocenters. The molecule has 2 aromatic rings. The average molecular weight is 220 g/mol. The molecule has 1 N–H and O–H groups in total. The second-order valence-corrected chi connectivity index (χ2v) is 3.91. The highest BCUT2D eigenvalue weighted by atomic mass is 16.4. The molecule has 0 spiro atoms. The molecule has 5 heteroatoms. The summed E-state index contributed by atoms with van der Waals surface area (Å²) in [7, 11) is 1.91. The number of oxazole rings is 1. The van der Waals surface area contributed by atoms with Gasteiger partial charge in [-0.25, -0.2) is 4.98 Å². The molecule has 2 heterocycles. The molecule has 0 saturated carbocycles. The zero-order valence-corrected chi connectivity index (χ0v) is 9.77. The van der Waals surface area contributed by atoms with Gasteiger partial charge in [0.25, 0.3) is 0 Å². The van der Waals surface area contributed by atoms with Crippen molar-refractivity contribution in [2.75, 3.05) is 0 Å². The minimum atomic E-state index is 0.237. The smallest absolute Gasteiger partial charge is 0.208 e. The van der Waals surface area contributed by atoms with Crippen molar-refractivity contribution in [2.24, 2.45) is 7.05 Å². The van der Waals surface area contributed by atoms with Crippen molar-refractivity contribution in [3.05, 3.63) is 35.8 Å². The Morgan fingerprint density at radius 2 is 2.31 bits per heavy atom. The topological polar surface area (TPSA) is 55.9 Å². The molecule has 0 saturated heterocycles. The van der Waals surface area contributed by atoms with Crippen molar-refractivity contribution in [1.29, 1.82) is 0 Å². The fraction of sp³-hybridized carbons (Fsp3) is 0.455. The van der Waals surface area contributed by atoms with E-state index in [0.29, 0.717) is 12.4 Å². The van der Waals surface area contributed by atoms with E-state index < -0.39 is 0 Å². The first-order valence-corrected chi connectivity index (χ1v) is 5.28. The zero-order chi connectivity index (χ0) is 11.5. The lowest BCUT2D eigenvalue weighted by Crippen LogP contribution is -2.17. The van der Waals surface area contributed by atoms with Crippen molar-refractivity contribution in [3.63, 3.8) is 0 Å². The Bertz CT molecular complexity index is 460. The van der Waals surface area contributed by atoms with E-state index in [4.69, 9.17) is 4.42 Å². The van der Waals surface area contributed by atoms with Crippen molar-refractivity contribution in [1.82, 2.24) is 20.1 Å². The highest BCUT2D eigenvalue weighted by Gasteiger charge is 2.08. The molecule has 0 aliphatic carbocycles. The summed E-state index contributed by atoms with van der Waals surface area (Å²) >= 11 is 0. The minimum Gasteiger partial charge on any atom is -0.445 e. The highest BCUT2D eigenvalue weighted by molar-refractivity contribution is 5.09. The third-order valence-corrected chi connectivity index (χ3v) is 2.45. The van der Waals surface area contributed by atoms with Crippen LogP contribution in [-0.2, 0) is 13.6 Å². The van der Waals surface area contributed by atoms with E-state index in [1.54, 1.807) is 10.9 Å². The number of aryl methyl sites for hydroxylation is 2. The summed E-state index contributed by atoms with van der Waals surface area (Å²) < 4.78 is 7.17. The number of hydrogen-bond donors (Lipinski definition) is 1. The Morgan fingerprint density at radius 3 is 2.88 bits per heavy atom. The van der Waals surface area contributed by atoms with Crippen LogP contribution >= 0.6 is 0 Å². The van der Waals surface area contributed by atoms with Crippen LogP contribution in [0.25, 0.3) is 0 Å². The minimum absolute atomic E-state index is 0.237. The summed E-state index contributed by atoms with van der Waals surface area (Å²) in [6, 6.07) is 0.237. The zero-order valence-electron chi connectivity index (χ0n) is 9.77. The maximum atomic E-state index is 5.38. The molecule has 1 atom stereocenters. The lowest BCUT2D eigenvalue weighted by molar-refractivity contribution is 0.432. The molecule has 2 aromatic heterocycles. The summed E-state index contributed by atoms with van der Waals surface area (Å²) in [6.07, 6.45) is 5.59. The van der Waals surface area contributed by atoms with Crippen molar-refractivity contribution in [3.8, 4) is 0 Å². The summed E-state index contributed by atoms with van der Waals surface area (Å²) in [5.74, 6) is 1.55. The van der Waals surface area contributed by atoms with Gasteiger partial charge in [-0.3, -0.25) is 4.68 Å². The van der Waals surface area contributed by atoms with Crippen molar-refractivity contribution in [2.45, 2.75) is 26.4 Å². The van der Waals surface area contributed by atoms with E-state index in [1.165, 1.54) is 0 Å². The molecular formula is C11H16N4O. The molecule has 0 aromatic carbocycles. The molecule has 0 radical (unpaired) electrons. The first-order valence-electron chi connectivity index (χ1n) is 5.28. The van der Waals surface area contributed by atoms with Crippen LogP contribution in [0.5, 0.6) is 0 Å². The van der Waals surface area contributed by atoms with Gasteiger partial charge in [0.05, 0.1) is 18.9 Å². The third kappa shape index (κ3) is 2.49. The second-order valence-electron chi connectivity index (χ2n) is 3.91. The van der Waals surface area contributed by atoms with Crippen molar-refractivity contribution >= 4 is 0 Å². The van der Waals surface area contributed by atoms with Crippen LogP contribution in [0.2, 0.25) is 0 Å². The van der Waals surface area contributed by atoms with E-state index >= 15 is 0 Å². The van der Waals surface area contributed by atoms with Gasteiger partial charge in [0.1, 0.15) is 5.76 Å². The van der Waals surface area contributed by atoms with Crippen LogP contribution in [0, 0.1) is 6.92 Å². The van der Waals surface area contributed by atoms with Crippen LogP contribution < -0.4 is 5.32 Å². The molecule has 0 bridgehead atoms. The van der Waals surface area contributed by atoms with E-state index in [-0.39, 0.29) is 6.04 Å². The summed E-state index contributed by atoms with van der Waals surface area (Å²) in [6.45, 7) is 4.61. The van der Waals surface area contributed by atoms with Gasteiger partial charge in [0, 0.05) is 24.8 Å². The molecule has 86 valence electrons. The fourth-order valence-corrected chi connectivity index (χ4v) is 1.51. The van der Waals surface area contributed by atoms with Crippen LogP contribution in [0.1, 0.15) is 30.2 Å². The maximum Gasteiger partial charge on any atom is 0.208 e. The molecule has 0 aliphatic heterocycles. The molecule has 16 heavy (non-hydrogen) atoms. The Balaban J connectivity index is 1.91. The summed E-state index contributed by atoms with van der Waals surface area (Å²) in [5, 5.41) is 7.47. The fourth-order valence-electron chi connectivity index (χ4n) is 1.51. The lowest BCUT2D eigenvalue weighted by Gasteiger charge is -2.09. The maximum absolute atomic E-state index is 5.38. The largest absolute Gasteiger partial charge is 0.445 e. The standard InChI is InChI=1S/C11H16N4O/c1-8-4-13-11(16-8)6-12-9(2)10-5-14-15(3)7-10/h4-5,7,9,12H,6H2,1-3H3/t9-/m1/s1. The monoisotopic (exact) mass is 220 g/mol. The van der Waals surface area contributed by atoms with Crippen LogP contribution in [0.4, 0.5) is 0 Å². The van der Waals surface area contributed by atoms with Gasteiger partial charge >= 0.3 is 0 Å². The van der Waals surface area contributed by atoms with Crippen molar-refractivity contribution < 1.29 is 4.42 Å². The summed E-state index contributed by atoms with van der Waals surface area (Å²) in [4.78, 5) is 4.14. The Labute approximate surface area is 94.5 Å². The predicted molar refractivity (Wildman–Crippen MR) is 59.7 cm³/mol. The molecule has 0 amide bonds. The number of nitrogens with zero attached hydrogens (tertiary/aromatic N) is 3. The van der Waals surface area contributed by atoms with Gasteiger partial charge < -0.3 is 9.73 Å². The molecule has 0 fully saturated rings. The van der Waals surface area contributed by atoms with Crippen LogP contribution in [0.3, 0.4) is 0 Å². The number of aromatic nitrogens is 3. The van der Waals surface area contributed by atoms with Gasteiger partial charge in [-0.1, -0.05) is 0 Å². The Hall–Kier alpha value is -1.62. The second kappa shape index (κ2) is 4.49. The van der Waals surface area contributed by atoms with Crippen LogP contribution in [-0.4, -0.2) is 14.8 Å². The summed E-state index contributed by atoms with van der Waals surface area (Å²) in [5.41, 5.74) is 1.16. The van der Waals surface area contributed by atoms with Gasteiger partial charge in [0.2, 0.25) is 5.89 Å². The highest BCUT2D eigenvalue weighted by Crippen LogP contribution is 2.11. The SMILES string of the molecule is Cc1cnc(CN[C@H](C)c2cnn(C)c2)o1. The Morgan fingerprint density at radius 1 is 1.50 bits per heavy atom. The number of hydrogen-bond acceptors (Lipinski definition) is 4. The average Bonchev–Trinajstić information content (AvgIpc) is 2.84. The van der Waals surface area contributed by atoms with Crippen LogP contribution in [0.15, 0.2) is 23.0 Å². The number of rotatable bonds is 4. The molecule has 2 rings (SSSR count). The molecular weight excluding hydrogens is 204 g/mol. The van der Waals surface area contributed by atoms with E-state index in [0.717, 1.165) is 11.3 Å². The van der Waals surface area contributed by atoms with E-state index in [9.17, 15) is 0 Å². The van der Waals surface area contributed by atoms with Gasteiger partial charge in [0.15, 0.2) is 0 Å². The first-order chi connectivity index (χ1) is 7.65. The quantitative estimate of drug-likeness (QED) is 0.849. The predicted octanol–water partition coefficient (Wildman–Crippen LogP) is 1.57. The van der Waals surface area contributed by atoms with Gasteiger partial charge in [-0.15, -0.1) is 0 Å². The first kappa shape index (κ1) is 10.9. The Kier molecular flexibility index (Phi) is 3.05. The normalized spacial score (nSPS) is 12.9. The number of nitrogens with one attached hydrogen (secondary N) is 1. The molecule has 0 aliphatic rings. The third-order valence-electron chi connectivity index (χ3n) is 2.45. The van der Waals surface area contributed by atoms with E-state index in [2.05, 4.69) is 22.3 Å². The lowest BCUT2D eigenvalue weighted by atomic mass is 10.2. The van der Waals surface area contributed by atoms with Gasteiger partial charge in [-0.05, 0) is 13.8 Å². The molecule has 5 nitrogen and oxygen atoms in total.